The molecule has 0 aliphatic heterocycles. The molecule has 206 valence electrons. The summed E-state index contributed by atoms with van der Waals surface area (Å²) in [5.41, 5.74) is 1.58. The molecule has 40 heavy (non-hydrogen) atoms. The predicted molar refractivity (Wildman–Crippen MR) is 154 cm³/mol. The molecule has 0 unspecified atom stereocenters. The summed E-state index contributed by atoms with van der Waals surface area (Å²) >= 11 is 12.0. The zero-order valence-electron chi connectivity index (χ0n) is 21.0. The first-order chi connectivity index (χ1) is 19.0. The van der Waals surface area contributed by atoms with Gasteiger partial charge in [0.1, 0.15) is 6.54 Å². The number of amides is 2. The maximum Gasteiger partial charge on any atom is 0.324 e. The van der Waals surface area contributed by atoms with Crippen LogP contribution in [0.25, 0.3) is 10.8 Å². The van der Waals surface area contributed by atoms with Crippen LogP contribution in [-0.2, 0) is 21.4 Å². The Balaban J connectivity index is 1.70. The Kier molecular flexibility index (Phi) is 8.63. The van der Waals surface area contributed by atoms with E-state index in [0.29, 0.717) is 16.3 Å². The molecule has 0 saturated carbocycles. The third-order valence-electron chi connectivity index (χ3n) is 6.01. The number of hydrogen-bond donors (Lipinski definition) is 3. The largest absolute Gasteiger partial charge is 0.480 e. The average molecular weight is 600 g/mol. The van der Waals surface area contributed by atoms with Gasteiger partial charge in [-0.25, -0.2) is 8.42 Å². The summed E-state index contributed by atoms with van der Waals surface area (Å²) in [5.74, 6) is -2.03. The van der Waals surface area contributed by atoms with Gasteiger partial charge in [-0.3, -0.25) is 18.7 Å². The van der Waals surface area contributed by atoms with E-state index < -0.39 is 28.4 Å². The van der Waals surface area contributed by atoms with Crippen LogP contribution in [0.5, 0.6) is 0 Å². The molecule has 0 aliphatic rings. The molecule has 12 heteroatoms. The third-order valence-corrected chi connectivity index (χ3v) is 8.19. The van der Waals surface area contributed by atoms with Crippen molar-refractivity contribution in [2.75, 3.05) is 17.9 Å². The quantitative estimate of drug-likeness (QED) is 0.255. The van der Waals surface area contributed by atoms with Crippen LogP contribution < -0.4 is 14.9 Å². The van der Waals surface area contributed by atoms with Gasteiger partial charge in [0.25, 0.3) is 21.8 Å². The first kappa shape index (κ1) is 28.9. The summed E-state index contributed by atoms with van der Waals surface area (Å²) in [6.07, 6.45) is 0. The molecule has 0 atom stereocenters. The lowest BCUT2D eigenvalue weighted by Crippen LogP contribution is -2.36. The van der Waals surface area contributed by atoms with E-state index in [0.717, 1.165) is 9.87 Å². The van der Waals surface area contributed by atoms with Gasteiger partial charge in [0.05, 0.1) is 10.6 Å². The molecule has 0 bridgehead atoms. The lowest BCUT2D eigenvalue weighted by molar-refractivity contribution is -0.135. The number of carbonyl (C=O) groups is 3. The van der Waals surface area contributed by atoms with Crippen molar-refractivity contribution in [3.63, 3.8) is 0 Å². The van der Waals surface area contributed by atoms with E-state index in [1.807, 2.05) is 0 Å². The second-order valence-electron chi connectivity index (χ2n) is 8.65. The minimum atomic E-state index is -4.42. The van der Waals surface area contributed by atoms with Crippen molar-refractivity contribution in [1.82, 2.24) is 10.6 Å². The number of anilines is 1. The first-order valence-corrected chi connectivity index (χ1v) is 14.0. The fourth-order valence-electron chi connectivity index (χ4n) is 4.13. The van der Waals surface area contributed by atoms with Crippen LogP contribution in [0.1, 0.15) is 26.3 Å². The third kappa shape index (κ3) is 6.20. The number of carboxylic acids is 1. The SMILES string of the molecule is CNC(=O)c1ccc(CNC(=O)c2cccc3c(N(CC(=O)O)S(=O)(=O)c4cc(Cl)cc(Cl)c4)cccc23)cc1. The second-order valence-corrected chi connectivity index (χ2v) is 11.4. The van der Waals surface area contributed by atoms with Gasteiger partial charge in [-0.05, 0) is 53.4 Å². The summed E-state index contributed by atoms with van der Waals surface area (Å²) in [6, 6.07) is 19.9. The Morgan fingerprint density at radius 3 is 2.10 bits per heavy atom. The van der Waals surface area contributed by atoms with Gasteiger partial charge in [0.2, 0.25) is 0 Å². The normalized spacial score (nSPS) is 11.2. The highest BCUT2D eigenvalue weighted by Crippen LogP contribution is 2.34. The molecule has 0 fully saturated rings. The number of sulfonamides is 1. The van der Waals surface area contributed by atoms with Crippen LogP contribution in [0.2, 0.25) is 10.0 Å². The number of hydrogen-bond acceptors (Lipinski definition) is 5. The van der Waals surface area contributed by atoms with Crippen molar-refractivity contribution in [3.05, 3.63) is 106 Å². The molecule has 0 radical (unpaired) electrons. The number of aliphatic carboxylic acids is 1. The van der Waals surface area contributed by atoms with Crippen LogP contribution in [0, 0.1) is 0 Å². The van der Waals surface area contributed by atoms with Gasteiger partial charge in [-0.1, -0.05) is 59.6 Å². The number of nitrogens with one attached hydrogen (secondary N) is 2. The summed E-state index contributed by atoms with van der Waals surface area (Å²) in [4.78, 5) is 36.4. The van der Waals surface area contributed by atoms with E-state index >= 15 is 0 Å². The second kappa shape index (κ2) is 12.0. The van der Waals surface area contributed by atoms with Crippen molar-refractivity contribution >= 4 is 67.5 Å². The lowest BCUT2D eigenvalue weighted by atomic mass is 10.0. The Hall–Kier alpha value is -4.12. The molecule has 0 heterocycles. The Morgan fingerprint density at radius 1 is 0.850 bits per heavy atom. The number of benzene rings is 4. The minimum absolute atomic E-state index is 0.0652. The van der Waals surface area contributed by atoms with Crippen LogP contribution in [-0.4, -0.2) is 44.9 Å². The summed E-state index contributed by atoms with van der Waals surface area (Å²) in [6.45, 7) is -0.702. The van der Waals surface area contributed by atoms with Gasteiger partial charge in [0, 0.05) is 40.2 Å². The zero-order valence-corrected chi connectivity index (χ0v) is 23.3. The molecule has 4 aromatic carbocycles. The Labute approximate surface area is 240 Å². The standard InChI is InChI=1S/C28H23Cl2N3O6S/c1-31-27(36)18-10-8-17(9-11-18)15-32-28(37)24-6-2-5-23-22(24)4-3-7-25(23)33(16-26(34)35)40(38,39)21-13-19(29)12-20(30)14-21/h2-14H,15-16H2,1H3,(H,31,36)(H,32,37)(H,34,35). The fourth-order valence-corrected chi connectivity index (χ4v) is 6.29. The molecular weight excluding hydrogens is 577 g/mol. The molecule has 2 amide bonds. The van der Waals surface area contributed by atoms with E-state index in [-0.39, 0.29) is 38.6 Å². The highest BCUT2D eigenvalue weighted by molar-refractivity contribution is 7.93. The van der Waals surface area contributed by atoms with Crippen molar-refractivity contribution < 1.29 is 27.9 Å². The van der Waals surface area contributed by atoms with Crippen LogP contribution in [0.3, 0.4) is 0 Å². The van der Waals surface area contributed by atoms with Crippen LogP contribution in [0.4, 0.5) is 5.69 Å². The summed E-state index contributed by atoms with van der Waals surface area (Å²) < 4.78 is 28.0. The van der Waals surface area contributed by atoms with Gasteiger partial charge in [0.15, 0.2) is 0 Å². The maximum absolute atomic E-state index is 13.6. The van der Waals surface area contributed by atoms with E-state index in [1.165, 1.54) is 31.3 Å². The smallest absolute Gasteiger partial charge is 0.324 e. The molecule has 0 aromatic heterocycles. The van der Waals surface area contributed by atoms with Gasteiger partial charge >= 0.3 is 5.97 Å². The van der Waals surface area contributed by atoms with Crippen molar-refractivity contribution in [2.24, 2.45) is 0 Å². The van der Waals surface area contributed by atoms with Crippen molar-refractivity contribution in [1.29, 1.82) is 0 Å². The van der Waals surface area contributed by atoms with Gasteiger partial charge in [-0.2, -0.15) is 0 Å². The predicted octanol–water partition coefficient (Wildman–Crippen LogP) is 4.72. The van der Waals surface area contributed by atoms with Gasteiger partial charge < -0.3 is 15.7 Å². The molecule has 4 aromatic rings. The lowest BCUT2D eigenvalue weighted by Gasteiger charge is -2.25. The van der Waals surface area contributed by atoms with Crippen LogP contribution in [0.15, 0.2) is 83.8 Å². The number of carboxylic acid groups (broad SMARTS) is 1. The number of fused-ring (bicyclic) bond motifs is 1. The molecule has 9 nitrogen and oxygen atoms in total. The molecule has 4 rings (SSSR count). The van der Waals surface area contributed by atoms with E-state index in [1.54, 1.807) is 54.6 Å². The number of carbonyl (C=O) groups excluding carboxylic acids is 2. The van der Waals surface area contributed by atoms with E-state index in [2.05, 4.69) is 10.6 Å². The maximum atomic E-state index is 13.6. The molecule has 0 spiro atoms. The summed E-state index contributed by atoms with van der Waals surface area (Å²) in [5, 5.41) is 15.9. The van der Waals surface area contributed by atoms with Gasteiger partial charge in [-0.15, -0.1) is 0 Å². The summed E-state index contributed by atoms with van der Waals surface area (Å²) in [7, 11) is -2.89. The highest BCUT2D eigenvalue weighted by Gasteiger charge is 2.29. The fraction of sp³-hybridized carbons (Fsp3) is 0.107. The highest BCUT2D eigenvalue weighted by atomic mass is 35.5. The average Bonchev–Trinajstić information content (AvgIpc) is 2.93. The molecule has 0 saturated heterocycles. The number of nitrogens with zero attached hydrogens (tertiary/aromatic N) is 1. The zero-order chi connectivity index (χ0) is 29.0. The number of rotatable bonds is 9. The first-order valence-electron chi connectivity index (χ1n) is 11.8. The molecule has 0 aliphatic carbocycles. The Bertz CT molecular complexity index is 1710. The Morgan fingerprint density at radius 2 is 1.48 bits per heavy atom. The van der Waals surface area contributed by atoms with Crippen LogP contribution >= 0.6 is 23.2 Å². The molecular formula is C28H23Cl2N3O6S. The number of halogens is 2. The van der Waals surface area contributed by atoms with E-state index in [9.17, 15) is 27.9 Å². The van der Waals surface area contributed by atoms with E-state index in [4.69, 9.17) is 23.2 Å². The topological polar surface area (TPSA) is 133 Å². The van der Waals surface area contributed by atoms with Crippen molar-refractivity contribution in [3.8, 4) is 0 Å². The monoisotopic (exact) mass is 599 g/mol. The van der Waals surface area contributed by atoms with Crippen molar-refractivity contribution in [2.45, 2.75) is 11.4 Å². The molecule has 3 N–H and O–H groups in total. The minimum Gasteiger partial charge on any atom is -0.480 e.